The van der Waals surface area contributed by atoms with E-state index in [4.69, 9.17) is 0 Å². The number of nitrogens with one attached hydrogen (secondary N) is 2. The number of halogens is 1. The van der Waals surface area contributed by atoms with E-state index < -0.39 is 0 Å². The van der Waals surface area contributed by atoms with Crippen molar-refractivity contribution in [1.29, 1.82) is 0 Å². The smallest absolute Gasteiger partial charge is 0.191 e. The fourth-order valence-electron chi connectivity index (χ4n) is 2.67. The Labute approximate surface area is 174 Å². The van der Waals surface area contributed by atoms with Crippen LogP contribution in [-0.2, 0) is 13.0 Å². The van der Waals surface area contributed by atoms with Gasteiger partial charge in [0.1, 0.15) is 0 Å². The van der Waals surface area contributed by atoms with Gasteiger partial charge >= 0.3 is 0 Å². The van der Waals surface area contributed by atoms with Gasteiger partial charge in [-0.05, 0) is 51.2 Å². The maximum atomic E-state index is 4.68. The molecule has 0 spiro atoms. The summed E-state index contributed by atoms with van der Waals surface area (Å²) in [6, 6.07) is 11.0. The summed E-state index contributed by atoms with van der Waals surface area (Å²) >= 11 is 0. The third kappa shape index (κ3) is 8.69. The molecule has 5 nitrogen and oxygen atoms in total. The van der Waals surface area contributed by atoms with Crippen LogP contribution in [0.15, 0.2) is 47.7 Å². The molecule has 0 aliphatic heterocycles. The fourth-order valence-corrected chi connectivity index (χ4v) is 2.67. The number of aromatic nitrogens is 2. The van der Waals surface area contributed by atoms with E-state index in [9.17, 15) is 0 Å². The van der Waals surface area contributed by atoms with Crippen LogP contribution in [0.4, 0.5) is 0 Å². The Morgan fingerprint density at radius 2 is 2.04 bits per heavy atom. The first-order valence-corrected chi connectivity index (χ1v) is 9.25. The molecule has 144 valence electrons. The highest BCUT2D eigenvalue weighted by Gasteiger charge is 2.05. The van der Waals surface area contributed by atoms with E-state index in [0.717, 1.165) is 44.9 Å². The second-order valence-electron chi connectivity index (χ2n) is 6.46. The summed E-state index contributed by atoms with van der Waals surface area (Å²) in [5, 5.41) is 11.1. The van der Waals surface area contributed by atoms with Crippen molar-refractivity contribution in [2.75, 3.05) is 13.1 Å². The molecule has 1 atom stereocenters. The second-order valence-corrected chi connectivity index (χ2v) is 6.46. The summed E-state index contributed by atoms with van der Waals surface area (Å²) < 4.78 is 1.98. The summed E-state index contributed by atoms with van der Waals surface area (Å²) in [5.74, 6) is 0.903. The van der Waals surface area contributed by atoms with Gasteiger partial charge in [-0.2, -0.15) is 5.10 Å². The second kappa shape index (κ2) is 12.7. The van der Waals surface area contributed by atoms with Gasteiger partial charge in [0.2, 0.25) is 0 Å². The molecule has 0 radical (unpaired) electrons. The quantitative estimate of drug-likeness (QED) is 0.255. The van der Waals surface area contributed by atoms with Gasteiger partial charge in [-0.3, -0.25) is 9.67 Å². The molecule has 0 amide bonds. The van der Waals surface area contributed by atoms with Crippen LogP contribution in [0.2, 0.25) is 0 Å². The van der Waals surface area contributed by atoms with Crippen LogP contribution in [0, 0.1) is 6.92 Å². The predicted molar refractivity (Wildman–Crippen MR) is 120 cm³/mol. The number of hydrogen-bond donors (Lipinski definition) is 2. The third-order valence-corrected chi connectivity index (χ3v) is 4.01. The molecule has 2 aromatic rings. The number of nitrogens with zero attached hydrogens (tertiary/aromatic N) is 3. The maximum Gasteiger partial charge on any atom is 0.191 e. The molecule has 2 N–H and O–H groups in total. The zero-order valence-corrected chi connectivity index (χ0v) is 18.4. The summed E-state index contributed by atoms with van der Waals surface area (Å²) in [7, 11) is 0. The lowest BCUT2D eigenvalue weighted by atomic mass is 10.1. The summed E-state index contributed by atoms with van der Waals surface area (Å²) in [6.45, 7) is 8.93. The van der Waals surface area contributed by atoms with Crippen LogP contribution >= 0.6 is 24.0 Å². The largest absolute Gasteiger partial charge is 0.357 e. The highest BCUT2D eigenvalue weighted by atomic mass is 127. The molecule has 2 rings (SSSR count). The Hall–Kier alpha value is -1.57. The molecule has 0 saturated heterocycles. The van der Waals surface area contributed by atoms with Crippen molar-refractivity contribution in [2.24, 2.45) is 4.99 Å². The molecule has 0 aliphatic carbocycles. The first-order chi connectivity index (χ1) is 12.2. The van der Waals surface area contributed by atoms with Gasteiger partial charge in [0.25, 0.3) is 0 Å². The van der Waals surface area contributed by atoms with E-state index in [1.807, 2.05) is 10.9 Å². The molecule has 1 aromatic carbocycles. The number of aliphatic imine (C=N–C) groups is 1. The Morgan fingerprint density at radius 3 is 2.69 bits per heavy atom. The lowest BCUT2D eigenvalue weighted by Crippen LogP contribution is -2.42. The van der Waals surface area contributed by atoms with E-state index >= 15 is 0 Å². The van der Waals surface area contributed by atoms with Crippen LogP contribution in [0.25, 0.3) is 0 Å². The van der Waals surface area contributed by atoms with E-state index in [2.05, 4.69) is 78.0 Å². The summed E-state index contributed by atoms with van der Waals surface area (Å²) in [4.78, 5) is 4.68. The third-order valence-electron chi connectivity index (χ3n) is 4.01. The molecule has 1 unspecified atom stereocenters. The number of rotatable bonds is 9. The van der Waals surface area contributed by atoms with E-state index in [0.29, 0.717) is 6.04 Å². The average molecular weight is 469 g/mol. The van der Waals surface area contributed by atoms with Gasteiger partial charge in [-0.15, -0.1) is 24.0 Å². The van der Waals surface area contributed by atoms with Crippen molar-refractivity contribution in [3.8, 4) is 0 Å². The highest BCUT2D eigenvalue weighted by molar-refractivity contribution is 14.0. The van der Waals surface area contributed by atoms with Crippen molar-refractivity contribution in [1.82, 2.24) is 20.4 Å². The first-order valence-electron chi connectivity index (χ1n) is 9.25. The van der Waals surface area contributed by atoms with Crippen LogP contribution in [0.5, 0.6) is 0 Å². The van der Waals surface area contributed by atoms with Gasteiger partial charge in [-0.1, -0.05) is 30.3 Å². The SMILES string of the molecule is CCNC(=NCCCn1cc(C)cn1)NC(C)CCc1ccccc1.I. The molecule has 0 saturated carbocycles. The van der Waals surface area contributed by atoms with E-state index in [-0.39, 0.29) is 24.0 Å². The van der Waals surface area contributed by atoms with Gasteiger partial charge < -0.3 is 10.6 Å². The van der Waals surface area contributed by atoms with Gasteiger partial charge in [0.15, 0.2) is 5.96 Å². The normalized spacial score (nSPS) is 12.3. The van der Waals surface area contributed by atoms with Crippen molar-refractivity contribution in [3.63, 3.8) is 0 Å². The highest BCUT2D eigenvalue weighted by Crippen LogP contribution is 2.04. The van der Waals surface area contributed by atoms with E-state index in [1.54, 1.807) is 0 Å². The number of aryl methyl sites for hydroxylation is 3. The Kier molecular flexibility index (Phi) is 11.0. The van der Waals surface area contributed by atoms with Crippen molar-refractivity contribution >= 4 is 29.9 Å². The summed E-state index contributed by atoms with van der Waals surface area (Å²) in [6.07, 6.45) is 7.10. The Balaban J connectivity index is 0.00000338. The Morgan fingerprint density at radius 1 is 1.27 bits per heavy atom. The summed E-state index contributed by atoms with van der Waals surface area (Å²) in [5.41, 5.74) is 2.58. The van der Waals surface area contributed by atoms with Crippen LogP contribution in [0.1, 0.15) is 37.8 Å². The lowest BCUT2D eigenvalue weighted by Gasteiger charge is -2.18. The van der Waals surface area contributed by atoms with Crippen molar-refractivity contribution in [3.05, 3.63) is 53.9 Å². The lowest BCUT2D eigenvalue weighted by molar-refractivity contribution is 0.575. The predicted octanol–water partition coefficient (Wildman–Crippen LogP) is 3.78. The fraction of sp³-hybridized carbons (Fsp3) is 0.500. The van der Waals surface area contributed by atoms with Gasteiger partial charge in [0.05, 0.1) is 6.20 Å². The molecule has 0 aliphatic rings. The molecule has 1 heterocycles. The minimum atomic E-state index is 0. The number of guanidine groups is 1. The molecule has 0 fully saturated rings. The zero-order valence-electron chi connectivity index (χ0n) is 16.1. The van der Waals surface area contributed by atoms with Crippen molar-refractivity contribution in [2.45, 2.75) is 52.6 Å². The monoisotopic (exact) mass is 469 g/mol. The molecule has 0 bridgehead atoms. The van der Waals surface area contributed by atoms with Crippen molar-refractivity contribution < 1.29 is 0 Å². The molecule has 26 heavy (non-hydrogen) atoms. The minimum Gasteiger partial charge on any atom is -0.357 e. The van der Waals surface area contributed by atoms with Crippen LogP contribution in [-0.4, -0.2) is 34.9 Å². The van der Waals surface area contributed by atoms with Gasteiger partial charge in [-0.25, -0.2) is 0 Å². The molecular weight excluding hydrogens is 437 g/mol. The standard InChI is InChI=1S/C20H31N5.HI/c1-4-21-20(22-13-8-14-25-16-17(2)15-23-25)24-18(3)11-12-19-9-6-5-7-10-19;/h5-7,9-10,15-16,18H,4,8,11-14H2,1-3H3,(H2,21,22,24);1H. The molecule has 1 aromatic heterocycles. The minimum absolute atomic E-state index is 0. The number of benzene rings is 1. The maximum absolute atomic E-state index is 4.68. The average Bonchev–Trinajstić information content (AvgIpc) is 3.03. The van der Waals surface area contributed by atoms with Crippen LogP contribution in [0.3, 0.4) is 0 Å². The van der Waals surface area contributed by atoms with E-state index in [1.165, 1.54) is 11.1 Å². The Bertz CT molecular complexity index is 639. The van der Waals surface area contributed by atoms with Crippen LogP contribution < -0.4 is 10.6 Å². The molecular formula is C20H32IN5. The number of hydrogen-bond acceptors (Lipinski definition) is 2. The topological polar surface area (TPSA) is 54.2 Å². The zero-order chi connectivity index (χ0) is 17.9. The molecule has 6 heteroatoms. The first kappa shape index (κ1) is 22.5. The van der Waals surface area contributed by atoms with Gasteiger partial charge in [0, 0.05) is 31.9 Å².